The molecule has 0 aliphatic rings. The highest BCUT2D eigenvalue weighted by Gasteiger charge is 2.28. The zero-order valence-electron chi connectivity index (χ0n) is 12.5. The lowest BCUT2D eigenvalue weighted by molar-refractivity contribution is 0.365. The third-order valence-corrected chi connectivity index (χ3v) is 4.04. The number of rotatable bonds is 7. The molecule has 0 aromatic heterocycles. The Hall–Kier alpha value is -0.820. The summed E-state index contributed by atoms with van der Waals surface area (Å²) in [5.74, 6) is 0.601. The van der Waals surface area contributed by atoms with Gasteiger partial charge in [-0.3, -0.25) is 0 Å². The molecule has 0 aliphatic heterocycles. The molecule has 2 N–H and O–H groups in total. The van der Waals surface area contributed by atoms with Crippen LogP contribution in [0, 0.1) is 0 Å². The summed E-state index contributed by atoms with van der Waals surface area (Å²) >= 11 is 0. The van der Waals surface area contributed by atoms with E-state index in [0.29, 0.717) is 5.92 Å². The quantitative estimate of drug-likeness (QED) is 0.748. The fraction of sp³-hybridized carbons (Fsp3) is 0.647. The Balaban J connectivity index is 3.04. The predicted octanol–water partition coefficient (Wildman–Crippen LogP) is 4.61. The molecule has 0 heterocycles. The highest BCUT2D eigenvalue weighted by molar-refractivity contribution is 5.31. The van der Waals surface area contributed by atoms with E-state index in [2.05, 4.69) is 52.0 Å². The second-order valence-corrected chi connectivity index (χ2v) is 5.76. The van der Waals surface area contributed by atoms with E-state index in [0.717, 1.165) is 6.54 Å². The van der Waals surface area contributed by atoms with Crippen LogP contribution in [0.4, 0.5) is 0 Å². The molecule has 0 fully saturated rings. The molecule has 1 aromatic rings. The van der Waals surface area contributed by atoms with Gasteiger partial charge in [-0.1, -0.05) is 64.8 Å². The molecule has 0 saturated carbocycles. The van der Waals surface area contributed by atoms with Crippen molar-refractivity contribution in [1.82, 2.24) is 0 Å². The molecule has 0 atom stereocenters. The van der Waals surface area contributed by atoms with Crippen LogP contribution in [0.3, 0.4) is 0 Å². The van der Waals surface area contributed by atoms with Gasteiger partial charge >= 0.3 is 0 Å². The van der Waals surface area contributed by atoms with Crippen LogP contribution < -0.4 is 5.73 Å². The Bertz CT molecular complexity index is 331. The average Bonchev–Trinajstić information content (AvgIpc) is 2.38. The summed E-state index contributed by atoms with van der Waals surface area (Å²) in [7, 11) is 0. The smallest absolute Gasteiger partial charge is 0.00753 e. The summed E-state index contributed by atoms with van der Waals surface area (Å²) in [5, 5.41) is 0. The van der Waals surface area contributed by atoms with Gasteiger partial charge in [-0.15, -0.1) is 0 Å². The molecular weight excluding hydrogens is 218 g/mol. The molecule has 1 heteroatoms. The SMILES string of the molecule is CCCC(CN)(CCC)c1ccc(C(C)C)cc1. The molecule has 0 unspecified atom stereocenters. The summed E-state index contributed by atoms with van der Waals surface area (Å²) in [4.78, 5) is 0. The monoisotopic (exact) mass is 247 g/mol. The van der Waals surface area contributed by atoms with Crippen LogP contribution in [-0.4, -0.2) is 6.54 Å². The van der Waals surface area contributed by atoms with E-state index in [-0.39, 0.29) is 5.41 Å². The third-order valence-electron chi connectivity index (χ3n) is 4.04. The number of hydrogen-bond acceptors (Lipinski definition) is 1. The molecule has 102 valence electrons. The van der Waals surface area contributed by atoms with Crippen molar-refractivity contribution in [3.63, 3.8) is 0 Å². The van der Waals surface area contributed by atoms with Gasteiger partial charge in [0, 0.05) is 12.0 Å². The van der Waals surface area contributed by atoms with Crippen molar-refractivity contribution >= 4 is 0 Å². The summed E-state index contributed by atoms with van der Waals surface area (Å²) < 4.78 is 0. The highest BCUT2D eigenvalue weighted by Crippen LogP contribution is 2.34. The molecule has 0 spiro atoms. The van der Waals surface area contributed by atoms with E-state index in [1.165, 1.54) is 36.8 Å². The van der Waals surface area contributed by atoms with Crippen molar-refractivity contribution in [1.29, 1.82) is 0 Å². The first-order valence-corrected chi connectivity index (χ1v) is 7.40. The minimum Gasteiger partial charge on any atom is -0.330 e. The first-order chi connectivity index (χ1) is 8.59. The Morgan fingerprint density at radius 1 is 1.00 bits per heavy atom. The molecule has 0 bridgehead atoms. The van der Waals surface area contributed by atoms with Gasteiger partial charge in [-0.25, -0.2) is 0 Å². The van der Waals surface area contributed by atoms with Gasteiger partial charge in [-0.05, 0) is 29.9 Å². The first-order valence-electron chi connectivity index (χ1n) is 7.40. The van der Waals surface area contributed by atoms with Crippen molar-refractivity contribution < 1.29 is 0 Å². The normalized spacial score (nSPS) is 12.1. The molecule has 1 nitrogen and oxygen atoms in total. The first kappa shape index (κ1) is 15.2. The van der Waals surface area contributed by atoms with E-state index in [4.69, 9.17) is 5.73 Å². The number of benzene rings is 1. The summed E-state index contributed by atoms with van der Waals surface area (Å²) in [6.45, 7) is 9.74. The van der Waals surface area contributed by atoms with E-state index in [1.807, 2.05) is 0 Å². The molecule has 1 aromatic carbocycles. The summed E-state index contributed by atoms with van der Waals surface area (Å²) in [5.41, 5.74) is 9.15. The van der Waals surface area contributed by atoms with Crippen LogP contribution in [0.1, 0.15) is 70.4 Å². The highest BCUT2D eigenvalue weighted by atomic mass is 14.6. The Morgan fingerprint density at radius 2 is 1.50 bits per heavy atom. The van der Waals surface area contributed by atoms with E-state index in [9.17, 15) is 0 Å². The van der Waals surface area contributed by atoms with Crippen molar-refractivity contribution in [3.8, 4) is 0 Å². The Morgan fingerprint density at radius 3 is 1.83 bits per heavy atom. The molecule has 18 heavy (non-hydrogen) atoms. The predicted molar refractivity (Wildman–Crippen MR) is 81.1 cm³/mol. The molecule has 0 saturated heterocycles. The summed E-state index contributed by atoms with van der Waals surface area (Å²) in [6, 6.07) is 9.15. The maximum Gasteiger partial charge on any atom is 0.00753 e. The zero-order valence-corrected chi connectivity index (χ0v) is 12.5. The topological polar surface area (TPSA) is 26.0 Å². The second kappa shape index (κ2) is 6.94. The summed E-state index contributed by atoms with van der Waals surface area (Å²) in [6.07, 6.45) is 4.78. The lowest BCUT2D eigenvalue weighted by Gasteiger charge is -2.33. The van der Waals surface area contributed by atoms with Crippen LogP contribution in [0.5, 0.6) is 0 Å². The van der Waals surface area contributed by atoms with Gasteiger partial charge in [-0.2, -0.15) is 0 Å². The van der Waals surface area contributed by atoms with Crippen LogP contribution >= 0.6 is 0 Å². The Labute approximate surface area is 113 Å². The zero-order chi connectivity index (χ0) is 13.6. The van der Waals surface area contributed by atoms with Crippen LogP contribution in [-0.2, 0) is 5.41 Å². The number of hydrogen-bond donors (Lipinski definition) is 1. The Kier molecular flexibility index (Phi) is 5.87. The molecule has 0 radical (unpaired) electrons. The molecule has 1 rings (SSSR count). The lowest BCUT2D eigenvalue weighted by atomic mass is 9.73. The van der Waals surface area contributed by atoms with Crippen molar-refractivity contribution in [2.75, 3.05) is 6.54 Å². The largest absolute Gasteiger partial charge is 0.330 e. The third kappa shape index (κ3) is 3.35. The molecule has 0 amide bonds. The lowest BCUT2D eigenvalue weighted by Crippen LogP contribution is -2.35. The maximum atomic E-state index is 6.11. The molecule has 0 aliphatic carbocycles. The van der Waals surface area contributed by atoms with Crippen LogP contribution in [0.15, 0.2) is 24.3 Å². The maximum absolute atomic E-state index is 6.11. The van der Waals surface area contributed by atoms with Crippen LogP contribution in [0.2, 0.25) is 0 Å². The van der Waals surface area contributed by atoms with Gasteiger partial charge in [0.2, 0.25) is 0 Å². The fourth-order valence-electron chi connectivity index (χ4n) is 2.91. The fourth-order valence-corrected chi connectivity index (χ4v) is 2.91. The van der Waals surface area contributed by atoms with Crippen molar-refractivity contribution in [3.05, 3.63) is 35.4 Å². The van der Waals surface area contributed by atoms with Gasteiger partial charge in [0.25, 0.3) is 0 Å². The van der Waals surface area contributed by atoms with Gasteiger partial charge in [0.1, 0.15) is 0 Å². The van der Waals surface area contributed by atoms with Crippen molar-refractivity contribution in [2.45, 2.75) is 64.7 Å². The van der Waals surface area contributed by atoms with E-state index in [1.54, 1.807) is 0 Å². The van der Waals surface area contributed by atoms with E-state index < -0.39 is 0 Å². The average molecular weight is 247 g/mol. The van der Waals surface area contributed by atoms with Gasteiger partial charge in [0.15, 0.2) is 0 Å². The van der Waals surface area contributed by atoms with Gasteiger partial charge < -0.3 is 5.73 Å². The van der Waals surface area contributed by atoms with Gasteiger partial charge in [0.05, 0.1) is 0 Å². The van der Waals surface area contributed by atoms with E-state index >= 15 is 0 Å². The standard InChI is InChI=1S/C17H29N/c1-5-11-17(13-18,12-6-2)16-9-7-15(8-10-16)14(3)4/h7-10,14H,5-6,11-13,18H2,1-4H3. The van der Waals surface area contributed by atoms with Crippen molar-refractivity contribution in [2.24, 2.45) is 5.73 Å². The second-order valence-electron chi connectivity index (χ2n) is 5.76. The molecular formula is C17H29N. The minimum absolute atomic E-state index is 0.193. The van der Waals surface area contributed by atoms with Crippen LogP contribution in [0.25, 0.3) is 0 Å². The minimum atomic E-state index is 0.193. The number of nitrogens with two attached hydrogens (primary N) is 1.